The van der Waals surface area contributed by atoms with Crippen molar-refractivity contribution in [2.24, 2.45) is 0 Å². The first kappa shape index (κ1) is 84.0. The van der Waals surface area contributed by atoms with E-state index in [2.05, 4.69) is 0 Å². The molecule has 8 heavy (non-hydrogen) atoms. The maximum atomic E-state index is 0. The number of hydrogen-bond acceptors (Lipinski definition) is 0. The van der Waals surface area contributed by atoms with Crippen LogP contribution in [0.1, 0.15) is 0 Å². The third-order valence-corrected chi connectivity index (χ3v) is 0. The van der Waals surface area contributed by atoms with Gasteiger partial charge in [-0.25, -0.2) is 0 Å². The van der Waals surface area contributed by atoms with Crippen LogP contribution >= 0.6 is 0 Å². The monoisotopic (exact) mass is 989 g/mol. The molecular weight excluding hydrogens is 989 g/mol. The molecule has 0 spiro atoms. The van der Waals surface area contributed by atoms with Gasteiger partial charge in [-0.3, -0.25) is 0 Å². The molecule has 17 radical (unpaired) electrons. The zero-order valence-electron chi connectivity index (χ0n) is 3.74. The van der Waals surface area contributed by atoms with Crippen molar-refractivity contribution in [3.8, 4) is 0 Å². The van der Waals surface area contributed by atoms with Gasteiger partial charge in [0.25, 0.3) is 0 Å². The molecule has 0 aromatic carbocycles. The summed E-state index contributed by atoms with van der Waals surface area (Å²) in [5.74, 6) is 0. The van der Waals surface area contributed by atoms with E-state index in [1.54, 1.807) is 0 Å². The Balaban J connectivity index is 0. The van der Waals surface area contributed by atoms with Gasteiger partial charge in [0.15, 0.2) is 0 Å². The average molecular weight is 989 g/mol. The Kier molecular flexibility index (Phi) is 675. The van der Waals surface area contributed by atoms with E-state index in [4.69, 9.17) is 0 Å². The third-order valence-electron chi connectivity index (χ3n) is 0. The molecule has 37 valence electrons. The summed E-state index contributed by atoms with van der Waals surface area (Å²) in [5, 5.41) is 0. The summed E-state index contributed by atoms with van der Waals surface area (Å²) in [7, 11) is 0. The summed E-state index contributed by atoms with van der Waals surface area (Å²) in [6, 6.07) is 0. The molecule has 0 aliphatic rings. The predicted octanol–water partition coefficient (Wildman–Crippen LogP) is -1.15. The van der Waals surface area contributed by atoms with E-state index in [0.29, 0.717) is 0 Å². The van der Waals surface area contributed by atoms with E-state index in [0.717, 1.165) is 0 Å². The van der Waals surface area contributed by atoms with E-state index in [1.165, 1.54) is 0 Å². The largest absolute Gasteiger partial charge is 0 e. The van der Waals surface area contributed by atoms with Crippen LogP contribution in [0.25, 0.3) is 0 Å². The molecule has 0 N–H and O–H groups in total. The molecule has 0 aromatic heterocycles. The molecule has 0 unspecified atom stereocenters. The first-order valence-electron chi connectivity index (χ1n) is 0. The van der Waals surface area contributed by atoms with E-state index >= 15 is 0 Å². The molecule has 0 atom stereocenters. The van der Waals surface area contributed by atoms with Gasteiger partial charge in [0.05, 0.1) is 0 Å². The maximum Gasteiger partial charge on any atom is 0 e. The zero-order chi connectivity index (χ0) is 0. The van der Waals surface area contributed by atoms with Crippen molar-refractivity contribution < 1.29 is 112 Å². The Labute approximate surface area is 142 Å². The minimum Gasteiger partial charge on any atom is 0 e. The topological polar surface area (TPSA) is 0 Å². The Bertz CT molecular complexity index is 7.64. The second kappa shape index (κ2) is 64.2. The molecule has 8 heteroatoms. The summed E-state index contributed by atoms with van der Waals surface area (Å²) in [6.07, 6.45) is 0. The summed E-state index contributed by atoms with van der Waals surface area (Å²) >= 11 is 0. The Morgan fingerprint density at radius 2 is 0.250 bits per heavy atom. The fraction of sp³-hybridized carbons (Fsp3) is 0. The van der Waals surface area contributed by atoms with Gasteiger partial charge in [0, 0.05) is 145 Å². The van der Waals surface area contributed by atoms with E-state index < -0.39 is 0 Å². The quantitative estimate of drug-likeness (QED) is 0.270. The Morgan fingerprint density at radius 3 is 0.250 bits per heavy atom. The standard InChI is InChI=1S/3Si.5Ta. The fourth-order valence-electron chi connectivity index (χ4n) is 0. The van der Waals surface area contributed by atoms with Crippen LogP contribution in [0.5, 0.6) is 0 Å². The predicted molar refractivity (Wildman–Crippen MR) is 17.3 cm³/mol. The van der Waals surface area contributed by atoms with Gasteiger partial charge in [-0.2, -0.15) is 0 Å². The van der Waals surface area contributed by atoms with E-state index in [-0.39, 0.29) is 145 Å². The van der Waals surface area contributed by atoms with Crippen LogP contribution in [-0.4, -0.2) is 32.9 Å². The first-order chi connectivity index (χ1) is 0. The molecule has 0 aliphatic carbocycles. The van der Waals surface area contributed by atoms with Crippen molar-refractivity contribution in [1.29, 1.82) is 0 Å². The van der Waals surface area contributed by atoms with Gasteiger partial charge in [-0.15, -0.1) is 0 Å². The molecular formula is Si3Ta5. The van der Waals surface area contributed by atoms with Crippen LogP contribution in [0.15, 0.2) is 0 Å². The molecule has 0 bridgehead atoms. The molecule has 0 aromatic rings. The van der Waals surface area contributed by atoms with Crippen LogP contribution < -0.4 is 0 Å². The van der Waals surface area contributed by atoms with Crippen LogP contribution in [-0.2, 0) is 112 Å². The Hall–Kier alpha value is 4.35. The third kappa shape index (κ3) is 47.8. The normalized spacial score (nSPS) is 0. The molecule has 0 aliphatic heterocycles. The average Bonchev–Trinajstić information content (AvgIpc) is 0. The minimum absolute atomic E-state index is 0. The van der Waals surface area contributed by atoms with Crippen molar-refractivity contribution in [2.75, 3.05) is 0 Å². The molecule has 0 rings (SSSR count). The van der Waals surface area contributed by atoms with Crippen LogP contribution in [0, 0.1) is 0 Å². The second-order valence-electron chi connectivity index (χ2n) is 0. The molecule has 0 fully saturated rings. The molecule has 0 amide bonds. The summed E-state index contributed by atoms with van der Waals surface area (Å²) in [4.78, 5) is 0. The fourth-order valence-corrected chi connectivity index (χ4v) is 0. The van der Waals surface area contributed by atoms with Crippen molar-refractivity contribution >= 4 is 32.9 Å². The maximum absolute atomic E-state index is 0. The summed E-state index contributed by atoms with van der Waals surface area (Å²) in [5.41, 5.74) is 0. The SMILES string of the molecule is [Si].[Si].[Si].[Ta].[Ta].[Ta].[Ta].[Ta]. The van der Waals surface area contributed by atoms with Gasteiger partial charge in [-0.05, 0) is 0 Å². The minimum atomic E-state index is 0. The Morgan fingerprint density at radius 1 is 0.250 bits per heavy atom. The summed E-state index contributed by atoms with van der Waals surface area (Å²) < 4.78 is 0. The first-order valence-corrected chi connectivity index (χ1v) is 0. The molecule has 0 nitrogen and oxygen atoms in total. The summed E-state index contributed by atoms with van der Waals surface area (Å²) in [6.45, 7) is 0. The van der Waals surface area contributed by atoms with Gasteiger partial charge in [0.1, 0.15) is 0 Å². The number of rotatable bonds is 0. The smallest absolute Gasteiger partial charge is 0 e. The molecule has 0 heterocycles. The van der Waals surface area contributed by atoms with Crippen molar-refractivity contribution in [3.63, 3.8) is 0 Å². The van der Waals surface area contributed by atoms with Crippen molar-refractivity contribution in [1.82, 2.24) is 0 Å². The van der Waals surface area contributed by atoms with Crippen LogP contribution in [0.2, 0.25) is 0 Å². The second-order valence-corrected chi connectivity index (χ2v) is 0. The number of hydrogen-bond donors (Lipinski definition) is 0. The molecule has 0 saturated carbocycles. The van der Waals surface area contributed by atoms with Crippen LogP contribution in [0.3, 0.4) is 0 Å². The van der Waals surface area contributed by atoms with Crippen molar-refractivity contribution in [3.05, 3.63) is 0 Å². The van der Waals surface area contributed by atoms with Crippen LogP contribution in [0.4, 0.5) is 0 Å². The van der Waals surface area contributed by atoms with E-state index in [9.17, 15) is 0 Å². The zero-order valence-corrected chi connectivity index (χ0v) is 22.8. The van der Waals surface area contributed by atoms with Gasteiger partial charge in [-0.1, -0.05) is 0 Å². The molecule has 0 saturated heterocycles. The van der Waals surface area contributed by atoms with E-state index in [1.807, 2.05) is 0 Å². The van der Waals surface area contributed by atoms with Gasteiger partial charge < -0.3 is 0 Å². The van der Waals surface area contributed by atoms with Crippen molar-refractivity contribution in [2.45, 2.75) is 0 Å². The van der Waals surface area contributed by atoms with Gasteiger partial charge >= 0.3 is 0 Å². The van der Waals surface area contributed by atoms with Gasteiger partial charge in [0.2, 0.25) is 0 Å².